The van der Waals surface area contributed by atoms with Gasteiger partial charge in [-0.2, -0.15) is 9.41 Å². The van der Waals surface area contributed by atoms with Crippen LogP contribution in [0.25, 0.3) is 0 Å². The Morgan fingerprint density at radius 1 is 1.21 bits per heavy atom. The number of hydrazone groups is 1. The lowest BCUT2D eigenvalue weighted by Crippen LogP contribution is -2.40. The number of hydrogen-bond donors (Lipinski definition) is 1. The first-order valence-corrected chi connectivity index (χ1v) is 10.5. The number of halogens is 1. The molecule has 9 nitrogen and oxygen atoms in total. The highest BCUT2D eigenvalue weighted by Gasteiger charge is 2.28. The largest absolute Gasteiger partial charge is 0.379 e. The fourth-order valence-corrected chi connectivity index (χ4v) is 4.42. The molecule has 11 heteroatoms. The average molecular weight is 469 g/mol. The van der Waals surface area contributed by atoms with Crippen LogP contribution in [0, 0.1) is 10.1 Å². The molecule has 3 rings (SSSR count). The molecule has 0 amide bonds. The van der Waals surface area contributed by atoms with Crippen LogP contribution >= 0.6 is 15.9 Å². The summed E-state index contributed by atoms with van der Waals surface area (Å²) in [5, 5.41) is 15.5. The number of nitrogens with zero attached hydrogens (tertiary/aromatic N) is 3. The quantitative estimate of drug-likeness (QED) is 0.396. The number of hydrogen-bond acceptors (Lipinski definition) is 7. The lowest BCUT2D eigenvalue weighted by molar-refractivity contribution is -0.384. The topological polar surface area (TPSA) is 114 Å². The lowest BCUT2D eigenvalue weighted by atomic mass is 10.2. The van der Waals surface area contributed by atoms with Crippen molar-refractivity contribution >= 4 is 43.5 Å². The maximum Gasteiger partial charge on any atom is 0.295 e. The minimum Gasteiger partial charge on any atom is -0.379 e. The summed E-state index contributed by atoms with van der Waals surface area (Å²) in [5.74, 6) is 0. The summed E-state index contributed by atoms with van der Waals surface area (Å²) < 4.78 is 32.6. The van der Waals surface area contributed by atoms with Crippen LogP contribution in [-0.2, 0) is 14.8 Å². The van der Waals surface area contributed by atoms with E-state index in [9.17, 15) is 18.5 Å². The van der Waals surface area contributed by atoms with Crippen molar-refractivity contribution in [3.8, 4) is 0 Å². The molecule has 1 saturated heterocycles. The van der Waals surface area contributed by atoms with Crippen LogP contribution in [-0.4, -0.2) is 50.2 Å². The van der Waals surface area contributed by atoms with Gasteiger partial charge in [-0.05, 0) is 18.2 Å². The summed E-state index contributed by atoms with van der Waals surface area (Å²) >= 11 is 3.38. The molecular formula is C17H17BrN4O5S. The van der Waals surface area contributed by atoms with E-state index < -0.39 is 14.9 Å². The number of nitrogens with one attached hydrogen (secondary N) is 1. The standard InChI is InChI=1S/C17H17BrN4O5S/c18-15-4-2-1-3-13(15)12-19-20-16-6-5-14(11-17(16)22(23)24)28(25,26)21-7-9-27-10-8-21/h1-6,11-12,20H,7-10H2/b19-12-. The number of ether oxygens (including phenoxy) is 1. The number of benzene rings is 2. The predicted molar refractivity (Wildman–Crippen MR) is 108 cm³/mol. The Labute approximate surface area is 170 Å². The molecule has 0 atom stereocenters. The summed E-state index contributed by atoms with van der Waals surface area (Å²) in [6.45, 7) is 1.02. The highest BCUT2D eigenvalue weighted by Crippen LogP contribution is 2.29. The first-order valence-electron chi connectivity index (χ1n) is 8.29. The van der Waals surface area contributed by atoms with Gasteiger partial charge in [0.25, 0.3) is 5.69 Å². The second-order valence-electron chi connectivity index (χ2n) is 5.84. The molecule has 0 aromatic heterocycles. The summed E-state index contributed by atoms with van der Waals surface area (Å²) in [4.78, 5) is 10.7. The van der Waals surface area contributed by atoms with Gasteiger partial charge in [0.15, 0.2) is 0 Å². The second-order valence-corrected chi connectivity index (χ2v) is 8.64. The van der Waals surface area contributed by atoms with Crippen molar-refractivity contribution in [2.24, 2.45) is 5.10 Å². The number of sulfonamides is 1. The van der Waals surface area contributed by atoms with Crippen molar-refractivity contribution < 1.29 is 18.1 Å². The molecule has 148 valence electrons. The van der Waals surface area contributed by atoms with Gasteiger partial charge in [0.2, 0.25) is 10.0 Å². The minimum atomic E-state index is -3.83. The van der Waals surface area contributed by atoms with Crippen LogP contribution in [0.2, 0.25) is 0 Å². The lowest BCUT2D eigenvalue weighted by Gasteiger charge is -2.26. The van der Waals surface area contributed by atoms with Crippen LogP contribution in [0.3, 0.4) is 0 Å². The van der Waals surface area contributed by atoms with Crippen LogP contribution in [0.1, 0.15) is 5.56 Å². The fraction of sp³-hybridized carbons (Fsp3) is 0.235. The molecule has 0 bridgehead atoms. The molecule has 0 unspecified atom stereocenters. The molecule has 0 radical (unpaired) electrons. The highest BCUT2D eigenvalue weighted by atomic mass is 79.9. The maximum absolute atomic E-state index is 12.7. The van der Waals surface area contributed by atoms with Gasteiger partial charge in [-0.25, -0.2) is 8.42 Å². The molecule has 0 aliphatic carbocycles. The van der Waals surface area contributed by atoms with Crippen LogP contribution in [0.15, 0.2) is 56.9 Å². The van der Waals surface area contributed by atoms with Gasteiger partial charge < -0.3 is 4.74 Å². The molecule has 1 aliphatic rings. The zero-order valence-corrected chi connectivity index (χ0v) is 17.0. The molecule has 0 saturated carbocycles. The summed E-state index contributed by atoms with van der Waals surface area (Å²) in [6.07, 6.45) is 1.51. The van der Waals surface area contributed by atoms with Gasteiger partial charge in [0, 0.05) is 29.2 Å². The summed E-state index contributed by atoms with van der Waals surface area (Å²) in [5.41, 5.74) is 3.10. The van der Waals surface area contributed by atoms with Crippen molar-refractivity contribution in [3.63, 3.8) is 0 Å². The van der Waals surface area contributed by atoms with Gasteiger partial charge in [-0.3, -0.25) is 15.5 Å². The molecule has 1 aliphatic heterocycles. The van der Waals surface area contributed by atoms with E-state index >= 15 is 0 Å². The first kappa shape index (κ1) is 20.4. The predicted octanol–water partition coefficient (Wildman–Crippen LogP) is 2.82. The van der Waals surface area contributed by atoms with Crippen molar-refractivity contribution in [1.82, 2.24) is 4.31 Å². The van der Waals surface area contributed by atoms with Crippen molar-refractivity contribution in [3.05, 3.63) is 62.6 Å². The molecule has 2 aromatic carbocycles. The summed E-state index contributed by atoms with van der Waals surface area (Å²) in [6, 6.07) is 11.1. The Kier molecular flexibility index (Phi) is 6.39. The monoisotopic (exact) mass is 468 g/mol. The van der Waals surface area contributed by atoms with Gasteiger partial charge in [0.05, 0.1) is 29.2 Å². The maximum atomic E-state index is 12.7. The smallest absolute Gasteiger partial charge is 0.295 e. The Balaban J connectivity index is 1.85. The number of rotatable bonds is 6. The minimum absolute atomic E-state index is 0.0919. The Morgan fingerprint density at radius 3 is 2.61 bits per heavy atom. The molecule has 1 N–H and O–H groups in total. The van der Waals surface area contributed by atoms with Crippen LogP contribution in [0.4, 0.5) is 11.4 Å². The average Bonchev–Trinajstić information content (AvgIpc) is 2.70. The van der Waals surface area contributed by atoms with Crippen molar-refractivity contribution in [2.45, 2.75) is 4.90 Å². The summed E-state index contributed by atoms with van der Waals surface area (Å²) in [7, 11) is -3.83. The van der Waals surface area contributed by atoms with E-state index in [2.05, 4.69) is 26.5 Å². The number of anilines is 1. The van der Waals surface area contributed by atoms with E-state index in [1.807, 2.05) is 24.3 Å². The third-order valence-corrected chi connectivity index (χ3v) is 6.68. The van der Waals surface area contributed by atoms with E-state index in [4.69, 9.17) is 4.74 Å². The molecular weight excluding hydrogens is 452 g/mol. The molecule has 0 spiro atoms. The normalized spacial score (nSPS) is 15.6. The number of nitro groups is 1. The van der Waals surface area contributed by atoms with Crippen molar-refractivity contribution in [1.29, 1.82) is 0 Å². The van der Waals surface area contributed by atoms with E-state index in [0.717, 1.165) is 16.1 Å². The Hall–Kier alpha value is -2.34. The first-order chi connectivity index (χ1) is 13.4. The molecule has 1 heterocycles. The Morgan fingerprint density at radius 2 is 1.93 bits per heavy atom. The zero-order valence-electron chi connectivity index (χ0n) is 14.6. The van der Waals surface area contributed by atoms with E-state index in [-0.39, 0.29) is 29.4 Å². The van der Waals surface area contributed by atoms with Crippen LogP contribution < -0.4 is 5.43 Å². The molecule has 1 fully saturated rings. The second kappa shape index (κ2) is 8.78. The third-order valence-electron chi connectivity index (χ3n) is 4.07. The zero-order chi connectivity index (χ0) is 20.1. The number of nitro benzene ring substituents is 1. The van der Waals surface area contributed by atoms with Gasteiger partial charge in [-0.15, -0.1) is 0 Å². The van der Waals surface area contributed by atoms with Gasteiger partial charge >= 0.3 is 0 Å². The third kappa shape index (κ3) is 4.55. The van der Waals surface area contributed by atoms with E-state index in [0.29, 0.717) is 13.2 Å². The van der Waals surface area contributed by atoms with E-state index in [1.54, 1.807) is 0 Å². The SMILES string of the molecule is O=[N+]([O-])c1cc(S(=O)(=O)N2CCOCC2)ccc1N/N=C\c1ccccc1Br. The van der Waals surface area contributed by atoms with Gasteiger partial charge in [0.1, 0.15) is 5.69 Å². The fourth-order valence-electron chi connectivity index (χ4n) is 2.60. The van der Waals surface area contributed by atoms with E-state index in [1.165, 1.54) is 22.7 Å². The Bertz CT molecular complexity index is 1010. The van der Waals surface area contributed by atoms with Crippen molar-refractivity contribution in [2.75, 3.05) is 31.7 Å². The molecule has 2 aromatic rings. The number of morpholine rings is 1. The van der Waals surface area contributed by atoms with Crippen LogP contribution in [0.5, 0.6) is 0 Å². The van der Waals surface area contributed by atoms with Gasteiger partial charge in [-0.1, -0.05) is 34.1 Å². The highest BCUT2D eigenvalue weighted by molar-refractivity contribution is 9.10. The molecule has 28 heavy (non-hydrogen) atoms.